The summed E-state index contributed by atoms with van der Waals surface area (Å²) >= 11 is 0. The van der Waals surface area contributed by atoms with Crippen molar-refractivity contribution < 1.29 is 14.3 Å². The average Bonchev–Trinajstić information content (AvgIpc) is 2.67. The molecular formula is C20H21N3O3. The smallest absolute Gasteiger partial charge is 0.267 e. The number of methoxy groups -OCH3 is 1. The number of nitrogens with one attached hydrogen (secondary N) is 2. The number of rotatable bonds is 8. The van der Waals surface area contributed by atoms with Gasteiger partial charge in [0.25, 0.3) is 5.91 Å². The van der Waals surface area contributed by atoms with Gasteiger partial charge >= 0.3 is 0 Å². The van der Waals surface area contributed by atoms with Crippen molar-refractivity contribution in [1.29, 1.82) is 5.26 Å². The number of carbonyl (C=O) groups is 1. The van der Waals surface area contributed by atoms with Gasteiger partial charge < -0.3 is 20.1 Å². The lowest BCUT2D eigenvalue weighted by Gasteiger charge is -2.08. The van der Waals surface area contributed by atoms with E-state index in [0.717, 1.165) is 11.3 Å². The van der Waals surface area contributed by atoms with Crippen LogP contribution in [0.1, 0.15) is 5.56 Å². The second kappa shape index (κ2) is 9.74. The van der Waals surface area contributed by atoms with E-state index < -0.39 is 5.91 Å². The SMILES string of the molecule is COc1ccc(OCCN/C=C(/C#N)C(=O)Nc2ccc(C)cc2)cc1. The molecule has 0 radical (unpaired) electrons. The molecule has 0 aliphatic carbocycles. The zero-order valence-electron chi connectivity index (χ0n) is 14.8. The van der Waals surface area contributed by atoms with Crippen molar-refractivity contribution in [2.24, 2.45) is 0 Å². The summed E-state index contributed by atoms with van der Waals surface area (Å²) in [6.07, 6.45) is 1.39. The van der Waals surface area contributed by atoms with E-state index >= 15 is 0 Å². The van der Waals surface area contributed by atoms with Gasteiger partial charge in [0.05, 0.1) is 7.11 Å². The van der Waals surface area contributed by atoms with Crippen LogP contribution in [0.25, 0.3) is 0 Å². The van der Waals surface area contributed by atoms with Gasteiger partial charge in [0, 0.05) is 18.4 Å². The van der Waals surface area contributed by atoms with Crippen molar-refractivity contribution in [3.05, 3.63) is 65.9 Å². The molecule has 2 rings (SSSR count). The molecule has 134 valence electrons. The normalized spacial score (nSPS) is 10.6. The van der Waals surface area contributed by atoms with Gasteiger partial charge in [0.1, 0.15) is 29.7 Å². The number of hydrogen-bond donors (Lipinski definition) is 2. The Balaban J connectivity index is 1.78. The Morgan fingerprint density at radius 2 is 1.77 bits per heavy atom. The zero-order valence-corrected chi connectivity index (χ0v) is 14.8. The second-order valence-electron chi connectivity index (χ2n) is 5.47. The first kappa shape index (κ1) is 18.9. The Labute approximate surface area is 153 Å². The van der Waals surface area contributed by atoms with Crippen molar-refractivity contribution in [2.75, 3.05) is 25.6 Å². The number of aryl methyl sites for hydroxylation is 1. The number of nitrogens with zero attached hydrogens (tertiary/aromatic N) is 1. The highest BCUT2D eigenvalue weighted by Crippen LogP contribution is 2.16. The summed E-state index contributed by atoms with van der Waals surface area (Å²) < 4.78 is 10.6. The molecular weight excluding hydrogens is 330 g/mol. The third-order valence-corrected chi connectivity index (χ3v) is 3.50. The average molecular weight is 351 g/mol. The van der Waals surface area contributed by atoms with E-state index in [4.69, 9.17) is 14.7 Å². The van der Waals surface area contributed by atoms with Crippen LogP contribution in [-0.4, -0.2) is 26.2 Å². The highest BCUT2D eigenvalue weighted by atomic mass is 16.5. The Kier molecular flexibility index (Phi) is 7.07. The first-order chi connectivity index (χ1) is 12.6. The van der Waals surface area contributed by atoms with Crippen LogP contribution in [0.5, 0.6) is 11.5 Å². The molecule has 0 aliphatic rings. The molecule has 6 nitrogen and oxygen atoms in total. The summed E-state index contributed by atoms with van der Waals surface area (Å²) in [5, 5.41) is 14.7. The molecule has 0 unspecified atom stereocenters. The number of amides is 1. The summed E-state index contributed by atoms with van der Waals surface area (Å²) in [5.41, 5.74) is 1.73. The maximum Gasteiger partial charge on any atom is 0.267 e. The van der Waals surface area contributed by atoms with E-state index in [1.54, 1.807) is 19.2 Å². The second-order valence-corrected chi connectivity index (χ2v) is 5.47. The molecule has 0 fully saturated rings. The monoisotopic (exact) mass is 351 g/mol. The van der Waals surface area contributed by atoms with E-state index in [9.17, 15) is 4.79 Å². The summed E-state index contributed by atoms with van der Waals surface area (Å²) in [6, 6.07) is 16.5. The molecule has 0 spiro atoms. The lowest BCUT2D eigenvalue weighted by molar-refractivity contribution is -0.112. The third kappa shape index (κ3) is 5.87. The predicted octanol–water partition coefficient (Wildman–Crippen LogP) is 3.02. The highest BCUT2D eigenvalue weighted by Gasteiger charge is 2.08. The molecule has 0 heterocycles. The molecule has 6 heteroatoms. The van der Waals surface area contributed by atoms with Gasteiger partial charge in [-0.15, -0.1) is 0 Å². The summed E-state index contributed by atoms with van der Waals surface area (Å²) in [6.45, 7) is 2.81. The molecule has 26 heavy (non-hydrogen) atoms. The molecule has 0 saturated carbocycles. The largest absolute Gasteiger partial charge is 0.497 e. The van der Waals surface area contributed by atoms with Crippen molar-refractivity contribution in [3.63, 3.8) is 0 Å². The number of nitriles is 1. The summed E-state index contributed by atoms with van der Waals surface area (Å²) in [4.78, 5) is 12.1. The van der Waals surface area contributed by atoms with Crippen molar-refractivity contribution in [3.8, 4) is 17.6 Å². The van der Waals surface area contributed by atoms with E-state index in [2.05, 4.69) is 10.6 Å². The predicted molar refractivity (Wildman–Crippen MR) is 100.0 cm³/mol. The molecule has 0 atom stereocenters. The highest BCUT2D eigenvalue weighted by molar-refractivity contribution is 6.06. The van der Waals surface area contributed by atoms with Crippen LogP contribution in [0.3, 0.4) is 0 Å². The molecule has 2 N–H and O–H groups in total. The molecule has 0 aliphatic heterocycles. The van der Waals surface area contributed by atoms with Gasteiger partial charge in [-0.2, -0.15) is 5.26 Å². The topological polar surface area (TPSA) is 83.4 Å². The van der Waals surface area contributed by atoms with Crippen molar-refractivity contribution >= 4 is 11.6 Å². The van der Waals surface area contributed by atoms with Crippen LogP contribution in [0, 0.1) is 18.3 Å². The Morgan fingerprint density at radius 3 is 2.38 bits per heavy atom. The summed E-state index contributed by atoms with van der Waals surface area (Å²) in [7, 11) is 1.61. The number of hydrogen-bond acceptors (Lipinski definition) is 5. The van der Waals surface area contributed by atoms with E-state index in [-0.39, 0.29) is 5.57 Å². The molecule has 1 amide bonds. The third-order valence-electron chi connectivity index (χ3n) is 3.50. The fourth-order valence-electron chi connectivity index (χ4n) is 2.06. The first-order valence-electron chi connectivity index (χ1n) is 8.11. The molecule has 2 aromatic rings. The van der Waals surface area contributed by atoms with Crippen LogP contribution in [-0.2, 0) is 4.79 Å². The number of benzene rings is 2. The minimum absolute atomic E-state index is 0.00461. The zero-order chi connectivity index (χ0) is 18.8. The standard InChI is InChI=1S/C20H21N3O3/c1-15-3-5-17(6-4-15)23-20(24)16(13-21)14-22-11-12-26-19-9-7-18(25-2)8-10-19/h3-10,14,22H,11-12H2,1-2H3,(H,23,24)/b16-14-. The Bertz CT molecular complexity index is 791. The van der Waals surface area contributed by atoms with Gasteiger partial charge in [-0.25, -0.2) is 0 Å². The summed E-state index contributed by atoms with van der Waals surface area (Å²) in [5.74, 6) is 1.02. The maximum absolute atomic E-state index is 12.1. The Morgan fingerprint density at radius 1 is 1.12 bits per heavy atom. The number of ether oxygens (including phenoxy) is 2. The minimum Gasteiger partial charge on any atom is -0.497 e. The van der Waals surface area contributed by atoms with Gasteiger partial charge in [0.15, 0.2) is 0 Å². The fourth-order valence-corrected chi connectivity index (χ4v) is 2.06. The number of carbonyl (C=O) groups excluding carboxylic acids is 1. The fraction of sp³-hybridized carbons (Fsp3) is 0.200. The van der Waals surface area contributed by atoms with Gasteiger partial charge in [-0.05, 0) is 43.3 Å². The molecule has 0 aromatic heterocycles. The molecule has 0 bridgehead atoms. The quantitative estimate of drug-likeness (QED) is 0.434. The van der Waals surface area contributed by atoms with Crippen LogP contribution < -0.4 is 20.1 Å². The minimum atomic E-state index is -0.458. The van der Waals surface area contributed by atoms with E-state index in [1.165, 1.54) is 6.20 Å². The van der Waals surface area contributed by atoms with Gasteiger partial charge in [-0.3, -0.25) is 4.79 Å². The van der Waals surface area contributed by atoms with Crippen molar-refractivity contribution in [2.45, 2.75) is 6.92 Å². The lowest BCUT2D eigenvalue weighted by atomic mass is 10.2. The van der Waals surface area contributed by atoms with Crippen molar-refractivity contribution in [1.82, 2.24) is 5.32 Å². The number of anilines is 1. The molecule has 0 saturated heterocycles. The van der Waals surface area contributed by atoms with Crippen LogP contribution in [0.4, 0.5) is 5.69 Å². The van der Waals surface area contributed by atoms with Crippen LogP contribution in [0.2, 0.25) is 0 Å². The van der Waals surface area contributed by atoms with E-state index in [0.29, 0.717) is 24.6 Å². The van der Waals surface area contributed by atoms with Crippen LogP contribution >= 0.6 is 0 Å². The maximum atomic E-state index is 12.1. The van der Waals surface area contributed by atoms with E-state index in [1.807, 2.05) is 49.4 Å². The van der Waals surface area contributed by atoms with Gasteiger partial charge in [0.2, 0.25) is 0 Å². The lowest BCUT2D eigenvalue weighted by Crippen LogP contribution is -2.20. The van der Waals surface area contributed by atoms with Gasteiger partial charge in [-0.1, -0.05) is 17.7 Å². The van der Waals surface area contributed by atoms with Crippen LogP contribution in [0.15, 0.2) is 60.3 Å². The Hall–Kier alpha value is -3.46. The first-order valence-corrected chi connectivity index (χ1v) is 8.11. The molecule has 2 aromatic carbocycles.